The third-order valence-electron chi connectivity index (χ3n) is 5.47. The van der Waals surface area contributed by atoms with Gasteiger partial charge in [0.15, 0.2) is 0 Å². The van der Waals surface area contributed by atoms with Crippen LogP contribution in [0.3, 0.4) is 0 Å². The first-order valence-electron chi connectivity index (χ1n) is 10.3. The maximum absolute atomic E-state index is 12.8. The summed E-state index contributed by atoms with van der Waals surface area (Å²) >= 11 is 1.64. The van der Waals surface area contributed by atoms with E-state index in [1.807, 2.05) is 59.7 Å². The molecule has 0 bridgehead atoms. The number of carbonyl (C=O) groups is 1. The van der Waals surface area contributed by atoms with Crippen molar-refractivity contribution in [2.24, 2.45) is 0 Å². The van der Waals surface area contributed by atoms with Gasteiger partial charge in [0.05, 0.1) is 21.8 Å². The lowest BCUT2D eigenvalue weighted by Gasteiger charge is -2.14. The summed E-state index contributed by atoms with van der Waals surface area (Å²) in [7, 11) is 0. The number of anilines is 1. The number of fused-ring (bicyclic) bond motifs is 2. The van der Waals surface area contributed by atoms with Crippen molar-refractivity contribution >= 4 is 49.7 Å². The maximum Gasteiger partial charge on any atom is 0.248 e. The molecule has 160 valence electrons. The Labute approximate surface area is 185 Å². The van der Waals surface area contributed by atoms with Crippen molar-refractivity contribution in [3.8, 4) is 5.75 Å². The Hall–Kier alpha value is -3.12. The fourth-order valence-corrected chi connectivity index (χ4v) is 4.62. The minimum Gasteiger partial charge on any atom is -0.493 e. The lowest BCUT2D eigenvalue weighted by atomic mass is 9.98. The number of allylic oxidation sites excluding steroid dienone is 1. The van der Waals surface area contributed by atoms with Gasteiger partial charge in [0.2, 0.25) is 5.91 Å². The summed E-state index contributed by atoms with van der Waals surface area (Å²) < 4.78 is 13.0. The van der Waals surface area contributed by atoms with Crippen molar-refractivity contribution in [1.82, 2.24) is 4.98 Å². The number of nitrogens with zero attached hydrogens (tertiary/aromatic N) is 1. The number of benzene rings is 2. The van der Waals surface area contributed by atoms with Gasteiger partial charge >= 0.3 is 0 Å². The molecule has 4 rings (SSSR count). The monoisotopic (exact) mass is 434 g/mol. The average molecular weight is 435 g/mol. The second-order valence-electron chi connectivity index (χ2n) is 7.70. The Morgan fingerprint density at radius 1 is 1.19 bits per heavy atom. The highest BCUT2D eigenvalue weighted by atomic mass is 32.1. The fourth-order valence-electron chi connectivity index (χ4n) is 3.81. The minimum absolute atomic E-state index is 0.191. The molecule has 0 radical (unpaired) electrons. The molecule has 0 aliphatic rings. The van der Waals surface area contributed by atoms with E-state index in [0.717, 1.165) is 65.7 Å². The zero-order valence-corrected chi connectivity index (χ0v) is 19.5. The highest BCUT2D eigenvalue weighted by molar-refractivity contribution is 7.18. The molecule has 2 aromatic carbocycles. The van der Waals surface area contributed by atoms with Gasteiger partial charge < -0.3 is 14.5 Å². The molecule has 1 N–H and O–H groups in total. The number of aromatic nitrogens is 1. The lowest BCUT2D eigenvalue weighted by Crippen LogP contribution is -2.09. The molecule has 31 heavy (non-hydrogen) atoms. The van der Waals surface area contributed by atoms with E-state index in [1.165, 1.54) is 0 Å². The first-order valence-corrected chi connectivity index (χ1v) is 11.1. The van der Waals surface area contributed by atoms with Crippen molar-refractivity contribution in [2.75, 3.05) is 11.9 Å². The van der Waals surface area contributed by atoms with E-state index in [0.29, 0.717) is 6.61 Å². The van der Waals surface area contributed by atoms with Crippen LogP contribution in [0.2, 0.25) is 0 Å². The van der Waals surface area contributed by atoms with Crippen LogP contribution < -0.4 is 10.1 Å². The number of hydrogen-bond acceptors (Lipinski definition) is 5. The topological polar surface area (TPSA) is 64.4 Å². The molecule has 0 aliphatic carbocycles. The van der Waals surface area contributed by atoms with Crippen molar-refractivity contribution in [1.29, 1.82) is 0 Å². The van der Waals surface area contributed by atoms with Crippen LogP contribution in [0, 0.1) is 27.7 Å². The fraction of sp³-hybridized carbons (Fsp3) is 0.280. The number of aryl methyl sites for hydroxylation is 4. The quantitative estimate of drug-likeness (QED) is 0.354. The van der Waals surface area contributed by atoms with Crippen LogP contribution in [-0.4, -0.2) is 17.5 Å². The third kappa shape index (κ3) is 3.95. The standard InChI is InChI=1S/C25H26N2O3S/c1-7-29-24-15(4)25-20(14(3)16(5)30-25)12-19(24)13(2)10-23(28)27-18-8-9-22-21(11-18)26-17(6)31-22/h8-12H,7H2,1-6H3,(H,27,28)/b13-10+. The number of carbonyl (C=O) groups excluding carboxylic acids is 1. The molecule has 2 heterocycles. The van der Waals surface area contributed by atoms with Crippen LogP contribution in [0.25, 0.3) is 26.8 Å². The van der Waals surface area contributed by atoms with Crippen molar-refractivity contribution < 1.29 is 13.9 Å². The van der Waals surface area contributed by atoms with Gasteiger partial charge in [-0.3, -0.25) is 4.79 Å². The largest absolute Gasteiger partial charge is 0.493 e. The van der Waals surface area contributed by atoms with E-state index in [2.05, 4.69) is 16.4 Å². The molecule has 5 nitrogen and oxygen atoms in total. The summed E-state index contributed by atoms with van der Waals surface area (Å²) in [4.78, 5) is 17.3. The Balaban J connectivity index is 1.69. The number of rotatable bonds is 5. The van der Waals surface area contributed by atoms with Crippen molar-refractivity contribution in [3.63, 3.8) is 0 Å². The smallest absolute Gasteiger partial charge is 0.248 e. The number of thiazole rings is 1. The SMILES string of the molecule is CCOc1c(/C(C)=C/C(=O)Nc2ccc3sc(C)nc3c2)cc2c(C)c(C)oc2c1C. The van der Waals surface area contributed by atoms with Crippen LogP contribution in [0.4, 0.5) is 5.69 Å². The Bertz CT molecular complexity index is 1340. The van der Waals surface area contributed by atoms with E-state index in [1.54, 1.807) is 17.4 Å². The van der Waals surface area contributed by atoms with Gasteiger partial charge in [-0.15, -0.1) is 11.3 Å². The molecule has 0 saturated heterocycles. The van der Waals surface area contributed by atoms with E-state index in [9.17, 15) is 4.79 Å². The van der Waals surface area contributed by atoms with Gasteiger partial charge in [-0.25, -0.2) is 4.98 Å². The molecule has 6 heteroatoms. The number of nitrogens with one attached hydrogen (secondary N) is 1. The first kappa shape index (κ1) is 21.1. The Kier molecular flexibility index (Phi) is 5.58. The van der Waals surface area contributed by atoms with Gasteiger partial charge in [-0.1, -0.05) is 0 Å². The lowest BCUT2D eigenvalue weighted by molar-refractivity contribution is -0.111. The molecule has 0 spiro atoms. The van der Waals surface area contributed by atoms with Crippen LogP contribution in [-0.2, 0) is 4.79 Å². The van der Waals surface area contributed by atoms with Gasteiger partial charge in [-0.2, -0.15) is 0 Å². The number of furan rings is 1. The summed E-state index contributed by atoms with van der Waals surface area (Å²) in [5.74, 6) is 1.46. The number of hydrogen-bond donors (Lipinski definition) is 1. The van der Waals surface area contributed by atoms with Gasteiger partial charge in [0.1, 0.15) is 17.1 Å². The molecule has 2 aromatic heterocycles. The van der Waals surface area contributed by atoms with Crippen LogP contribution in [0.1, 0.15) is 41.3 Å². The molecule has 0 atom stereocenters. The summed E-state index contributed by atoms with van der Waals surface area (Å²) in [6.45, 7) is 12.4. The maximum atomic E-state index is 12.8. The normalized spacial score (nSPS) is 12.0. The summed E-state index contributed by atoms with van der Waals surface area (Å²) in [5, 5.41) is 5.01. The minimum atomic E-state index is -0.191. The molecule has 1 amide bonds. The third-order valence-corrected chi connectivity index (χ3v) is 6.42. The highest BCUT2D eigenvalue weighted by Crippen LogP contribution is 2.39. The van der Waals surface area contributed by atoms with E-state index in [-0.39, 0.29) is 5.91 Å². The summed E-state index contributed by atoms with van der Waals surface area (Å²) in [5.41, 5.74) is 6.24. The molecule has 0 unspecified atom stereocenters. The van der Waals surface area contributed by atoms with Crippen molar-refractivity contribution in [2.45, 2.75) is 41.5 Å². The molecular weight excluding hydrogens is 408 g/mol. The Morgan fingerprint density at radius 3 is 2.71 bits per heavy atom. The molecule has 0 saturated carbocycles. The summed E-state index contributed by atoms with van der Waals surface area (Å²) in [6, 6.07) is 7.85. The summed E-state index contributed by atoms with van der Waals surface area (Å²) in [6.07, 6.45) is 1.61. The van der Waals surface area contributed by atoms with E-state index >= 15 is 0 Å². The zero-order chi connectivity index (χ0) is 22.3. The predicted molar refractivity (Wildman–Crippen MR) is 128 cm³/mol. The van der Waals surface area contributed by atoms with Crippen LogP contribution in [0.5, 0.6) is 5.75 Å². The second kappa shape index (κ2) is 8.19. The Morgan fingerprint density at radius 2 is 1.97 bits per heavy atom. The number of ether oxygens (including phenoxy) is 1. The molecule has 4 aromatic rings. The van der Waals surface area contributed by atoms with Gasteiger partial charge in [0, 0.05) is 28.3 Å². The molecular formula is C25H26N2O3S. The van der Waals surface area contributed by atoms with E-state index in [4.69, 9.17) is 9.15 Å². The first-order chi connectivity index (χ1) is 14.8. The predicted octanol–water partition coefficient (Wildman–Crippen LogP) is 6.72. The van der Waals surface area contributed by atoms with Crippen LogP contribution in [0.15, 0.2) is 34.8 Å². The van der Waals surface area contributed by atoms with Gasteiger partial charge in [0.25, 0.3) is 0 Å². The zero-order valence-electron chi connectivity index (χ0n) is 18.7. The molecule has 0 aliphatic heterocycles. The van der Waals surface area contributed by atoms with Gasteiger partial charge in [-0.05, 0) is 76.9 Å². The highest BCUT2D eigenvalue weighted by Gasteiger charge is 2.19. The number of amides is 1. The molecule has 0 fully saturated rings. The second-order valence-corrected chi connectivity index (χ2v) is 8.94. The average Bonchev–Trinajstić information content (AvgIpc) is 3.22. The van der Waals surface area contributed by atoms with Crippen LogP contribution >= 0.6 is 11.3 Å². The van der Waals surface area contributed by atoms with Crippen molar-refractivity contribution in [3.05, 3.63) is 57.8 Å². The van der Waals surface area contributed by atoms with E-state index < -0.39 is 0 Å².